The number of esters is 1. The first kappa shape index (κ1) is 25.6. The molecule has 0 heterocycles. The molecule has 0 aliphatic rings. The van der Waals surface area contributed by atoms with Gasteiger partial charge in [-0.05, 0) is 54.6 Å². The van der Waals surface area contributed by atoms with Crippen molar-refractivity contribution in [2.24, 2.45) is 5.10 Å². The van der Waals surface area contributed by atoms with Crippen molar-refractivity contribution in [3.05, 3.63) is 75.8 Å². The van der Waals surface area contributed by atoms with Crippen LogP contribution in [-0.4, -0.2) is 46.5 Å². The van der Waals surface area contributed by atoms with Gasteiger partial charge in [0.1, 0.15) is 5.75 Å². The number of benzene rings is 3. The lowest BCUT2D eigenvalue weighted by atomic mass is 10.2. The first-order valence-corrected chi connectivity index (χ1v) is 11.0. The molecular formula is C25H23BrN2O7. The van der Waals surface area contributed by atoms with Crippen molar-refractivity contribution in [3.8, 4) is 28.7 Å². The average Bonchev–Trinajstić information content (AvgIpc) is 2.88. The summed E-state index contributed by atoms with van der Waals surface area (Å²) < 4.78 is 27.1. The largest absolute Gasteiger partial charge is 0.493 e. The van der Waals surface area contributed by atoms with E-state index < -0.39 is 11.9 Å². The molecule has 0 spiro atoms. The van der Waals surface area contributed by atoms with Crippen molar-refractivity contribution in [2.45, 2.75) is 0 Å². The highest BCUT2D eigenvalue weighted by molar-refractivity contribution is 9.10. The molecule has 182 valence electrons. The lowest BCUT2D eigenvalue weighted by molar-refractivity contribution is 0.0733. The molecule has 0 unspecified atom stereocenters. The second-order valence-electron chi connectivity index (χ2n) is 6.91. The standard InChI is InChI=1S/C25H23BrN2O7/c1-31-20-8-5-15(12-22(20)33-3)24(29)28-27-14-17-11-18(26)7-10-19(17)35-25(30)16-6-9-21(32-2)23(13-16)34-4/h5-14H,1-4H3,(H,28,29). The van der Waals surface area contributed by atoms with E-state index in [9.17, 15) is 9.59 Å². The Morgan fingerprint density at radius 1 is 0.743 bits per heavy atom. The van der Waals surface area contributed by atoms with Crippen LogP contribution in [0.5, 0.6) is 28.7 Å². The fraction of sp³-hybridized carbons (Fsp3) is 0.160. The lowest BCUT2D eigenvalue weighted by Gasteiger charge is -2.11. The van der Waals surface area contributed by atoms with Crippen LogP contribution in [0.1, 0.15) is 26.3 Å². The van der Waals surface area contributed by atoms with E-state index in [0.717, 1.165) is 4.47 Å². The first-order chi connectivity index (χ1) is 16.9. The topological polar surface area (TPSA) is 105 Å². The molecule has 0 saturated heterocycles. The highest BCUT2D eigenvalue weighted by Crippen LogP contribution is 2.29. The minimum atomic E-state index is -0.600. The van der Waals surface area contributed by atoms with Crippen molar-refractivity contribution < 1.29 is 33.3 Å². The summed E-state index contributed by atoms with van der Waals surface area (Å²) in [6, 6.07) is 14.5. The van der Waals surface area contributed by atoms with E-state index in [1.165, 1.54) is 40.7 Å². The van der Waals surface area contributed by atoms with Crippen LogP contribution in [0, 0.1) is 0 Å². The van der Waals surface area contributed by atoms with Gasteiger partial charge < -0.3 is 23.7 Å². The summed E-state index contributed by atoms with van der Waals surface area (Å²) in [4.78, 5) is 25.2. The quantitative estimate of drug-likeness (QED) is 0.184. The van der Waals surface area contributed by atoms with Crippen LogP contribution >= 0.6 is 15.9 Å². The van der Waals surface area contributed by atoms with Gasteiger partial charge in [0, 0.05) is 15.6 Å². The zero-order chi connectivity index (χ0) is 25.4. The predicted molar refractivity (Wildman–Crippen MR) is 133 cm³/mol. The van der Waals surface area contributed by atoms with Gasteiger partial charge in [0.2, 0.25) is 0 Å². The third-order valence-electron chi connectivity index (χ3n) is 4.81. The van der Waals surface area contributed by atoms with Crippen LogP contribution in [0.3, 0.4) is 0 Å². The van der Waals surface area contributed by atoms with E-state index >= 15 is 0 Å². The van der Waals surface area contributed by atoms with Gasteiger partial charge in [-0.15, -0.1) is 0 Å². The fourth-order valence-electron chi connectivity index (χ4n) is 3.04. The Bertz CT molecular complexity index is 1260. The van der Waals surface area contributed by atoms with E-state index in [1.54, 1.807) is 48.5 Å². The third-order valence-corrected chi connectivity index (χ3v) is 5.30. The minimum Gasteiger partial charge on any atom is -0.493 e. The smallest absolute Gasteiger partial charge is 0.343 e. The number of amides is 1. The van der Waals surface area contributed by atoms with Gasteiger partial charge >= 0.3 is 5.97 Å². The molecule has 35 heavy (non-hydrogen) atoms. The number of nitrogens with one attached hydrogen (secondary N) is 1. The lowest BCUT2D eigenvalue weighted by Crippen LogP contribution is -2.18. The molecular weight excluding hydrogens is 520 g/mol. The second kappa shape index (κ2) is 11.9. The van der Waals surface area contributed by atoms with Gasteiger partial charge in [-0.25, -0.2) is 10.2 Å². The Morgan fingerprint density at radius 3 is 1.89 bits per heavy atom. The number of nitrogens with zero attached hydrogens (tertiary/aromatic N) is 1. The normalized spacial score (nSPS) is 10.5. The summed E-state index contributed by atoms with van der Waals surface area (Å²) in [6.07, 6.45) is 1.38. The molecule has 0 radical (unpaired) electrons. The van der Waals surface area contributed by atoms with Crippen LogP contribution in [0.15, 0.2) is 64.2 Å². The average molecular weight is 543 g/mol. The van der Waals surface area contributed by atoms with Gasteiger partial charge in [-0.2, -0.15) is 5.10 Å². The summed E-state index contributed by atoms with van der Waals surface area (Å²) in [5.41, 5.74) is 3.50. The second-order valence-corrected chi connectivity index (χ2v) is 7.83. The molecule has 0 fully saturated rings. The number of hydrogen-bond acceptors (Lipinski definition) is 8. The molecule has 3 aromatic carbocycles. The summed E-state index contributed by atoms with van der Waals surface area (Å²) in [5.74, 6) is 1.00. The van der Waals surface area contributed by atoms with Crippen molar-refractivity contribution in [3.63, 3.8) is 0 Å². The van der Waals surface area contributed by atoms with Crippen LogP contribution < -0.4 is 29.1 Å². The fourth-order valence-corrected chi connectivity index (χ4v) is 3.42. The minimum absolute atomic E-state index is 0.247. The summed E-state index contributed by atoms with van der Waals surface area (Å²) in [7, 11) is 5.98. The molecule has 3 rings (SSSR count). The number of ether oxygens (including phenoxy) is 5. The van der Waals surface area contributed by atoms with Crippen LogP contribution in [0.4, 0.5) is 0 Å². The highest BCUT2D eigenvalue weighted by Gasteiger charge is 2.15. The molecule has 1 N–H and O–H groups in total. The summed E-state index contributed by atoms with van der Waals surface area (Å²) >= 11 is 3.38. The van der Waals surface area contributed by atoms with Gasteiger partial charge in [0.25, 0.3) is 5.91 Å². The molecule has 1 amide bonds. The Morgan fingerprint density at radius 2 is 1.29 bits per heavy atom. The van der Waals surface area contributed by atoms with Crippen molar-refractivity contribution >= 4 is 34.0 Å². The van der Waals surface area contributed by atoms with E-state index in [2.05, 4.69) is 26.5 Å². The highest BCUT2D eigenvalue weighted by atomic mass is 79.9. The van der Waals surface area contributed by atoms with E-state index in [0.29, 0.717) is 34.1 Å². The third kappa shape index (κ3) is 6.30. The van der Waals surface area contributed by atoms with Crippen molar-refractivity contribution in [1.82, 2.24) is 5.43 Å². The zero-order valence-corrected chi connectivity index (χ0v) is 21.0. The summed E-state index contributed by atoms with van der Waals surface area (Å²) in [6.45, 7) is 0. The number of rotatable bonds is 9. The molecule has 9 nitrogen and oxygen atoms in total. The van der Waals surface area contributed by atoms with Crippen LogP contribution in [0.2, 0.25) is 0 Å². The molecule has 10 heteroatoms. The van der Waals surface area contributed by atoms with Crippen LogP contribution in [0.25, 0.3) is 0 Å². The maximum atomic E-state index is 12.7. The Labute approximate surface area is 210 Å². The number of carbonyl (C=O) groups excluding carboxylic acids is 2. The van der Waals surface area contributed by atoms with E-state index in [1.807, 2.05) is 0 Å². The van der Waals surface area contributed by atoms with E-state index in [4.69, 9.17) is 23.7 Å². The first-order valence-electron chi connectivity index (χ1n) is 10.2. The van der Waals surface area contributed by atoms with Gasteiger partial charge in [0.15, 0.2) is 23.0 Å². The number of hydrogen-bond donors (Lipinski definition) is 1. The number of halogens is 1. The SMILES string of the molecule is COc1ccc(C(=O)NN=Cc2cc(Br)ccc2OC(=O)c2ccc(OC)c(OC)c2)cc1OC. The Hall–Kier alpha value is -4.05. The monoisotopic (exact) mass is 542 g/mol. The summed E-state index contributed by atoms with van der Waals surface area (Å²) in [5, 5.41) is 4.00. The molecule has 3 aromatic rings. The zero-order valence-electron chi connectivity index (χ0n) is 19.5. The Balaban J connectivity index is 1.76. The van der Waals surface area contributed by atoms with Crippen molar-refractivity contribution in [1.29, 1.82) is 0 Å². The van der Waals surface area contributed by atoms with Gasteiger partial charge in [-0.3, -0.25) is 4.79 Å². The molecule has 0 aromatic heterocycles. The molecule has 0 aliphatic heterocycles. The number of hydrazone groups is 1. The molecule has 0 bridgehead atoms. The van der Waals surface area contributed by atoms with Gasteiger partial charge in [-0.1, -0.05) is 15.9 Å². The predicted octanol–water partition coefficient (Wildman–Crippen LogP) is 4.47. The maximum Gasteiger partial charge on any atom is 0.343 e. The number of carbonyl (C=O) groups is 2. The van der Waals surface area contributed by atoms with Crippen LogP contribution in [-0.2, 0) is 0 Å². The van der Waals surface area contributed by atoms with Crippen molar-refractivity contribution in [2.75, 3.05) is 28.4 Å². The molecule has 0 aliphatic carbocycles. The van der Waals surface area contributed by atoms with E-state index in [-0.39, 0.29) is 11.3 Å². The maximum absolute atomic E-state index is 12.7. The number of methoxy groups -OCH3 is 4. The van der Waals surface area contributed by atoms with Gasteiger partial charge in [0.05, 0.1) is 40.2 Å². The molecule has 0 saturated carbocycles. The Kier molecular flexibility index (Phi) is 8.69. The molecule has 0 atom stereocenters.